The molecule has 0 aliphatic carbocycles. The first-order valence-electron chi connectivity index (χ1n) is 11.7. The quantitative estimate of drug-likeness (QED) is 0.543. The monoisotopic (exact) mass is 453 g/mol. The van der Waals surface area contributed by atoms with Crippen molar-refractivity contribution < 1.29 is 18.0 Å². The number of nitriles is 1. The first-order valence-corrected chi connectivity index (χ1v) is 10.2. The average molecular weight is 454 g/mol. The Balaban J connectivity index is 1.89. The van der Waals surface area contributed by atoms with Gasteiger partial charge in [0, 0.05) is 49.6 Å². The summed E-state index contributed by atoms with van der Waals surface area (Å²) in [6.45, 7) is 0.903. The minimum Gasteiger partial charge on any atom is -0.482 e. The smallest absolute Gasteiger partial charge is 0.254 e. The number of aromatic nitrogens is 3. The number of halogens is 1. The van der Waals surface area contributed by atoms with E-state index >= 15 is 0 Å². The summed E-state index contributed by atoms with van der Waals surface area (Å²) in [6.07, 6.45) is 1.01. The van der Waals surface area contributed by atoms with E-state index in [-0.39, 0.29) is 23.5 Å². The molecule has 0 aliphatic heterocycles. The van der Waals surface area contributed by atoms with Gasteiger partial charge in [0.15, 0.2) is 11.6 Å². The highest BCUT2D eigenvalue weighted by Crippen LogP contribution is 2.31. The van der Waals surface area contributed by atoms with Gasteiger partial charge in [-0.15, -0.1) is 0 Å². The van der Waals surface area contributed by atoms with Gasteiger partial charge in [-0.2, -0.15) is 10.4 Å². The van der Waals surface area contributed by atoms with Gasteiger partial charge in [-0.1, -0.05) is 0 Å². The van der Waals surface area contributed by atoms with Crippen LogP contribution in [0.4, 0.5) is 10.2 Å². The first-order chi connectivity index (χ1) is 16.8. The summed E-state index contributed by atoms with van der Waals surface area (Å²) in [5.74, 6) is 0.109. The van der Waals surface area contributed by atoms with Crippen LogP contribution in [0.25, 0.3) is 0 Å². The third-order valence-corrected chi connectivity index (χ3v) is 5.00. The van der Waals surface area contributed by atoms with Crippen molar-refractivity contribution in [2.75, 3.05) is 26.0 Å². The fourth-order valence-corrected chi connectivity index (χ4v) is 3.38. The van der Waals surface area contributed by atoms with Crippen LogP contribution in [-0.2, 0) is 13.5 Å². The van der Waals surface area contributed by atoms with E-state index in [1.165, 1.54) is 36.2 Å². The van der Waals surface area contributed by atoms with Crippen molar-refractivity contribution in [3.63, 3.8) is 0 Å². The number of anilines is 1. The molecule has 172 valence electrons. The molecule has 1 atom stereocenters. The van der Waals surface area contributed by atoms with Crippen molar-refractivity contribution in [2.45, 2.75) is 26.5 Å². The molecule has 0 fully saturated rings. The van der Waals surface area contributed by atoms with Crippen LogP contribution in [0.3, 0.4) is 0 Å². The number of rotatable bonds is 7. The van der Waals surface area contributed by atoms with E-state index in [1.54, 1.807) is 24.1 Å². The Morgan fingerprint density at radius 3 is 2.73 bits per heavy atom. The lowest BCUT2D eigenvalue weighted by Gasteiger charge is -2.24. The Labute approximate surface area is 197 Å². The van der Waals surface area contributed by atoms with Gasteiger partial charge in [0.25, 0.3) is 5.91 Å². The fraction of sp³-hybridized carbons (Fsp3) is 0.333. The minimum absolute atomic E-state index is 0.0603. The SMILES string of the molecule is [2H]C([2H])([2H])n1nc(CN(C)C(=O)c2ccc(F)cc2[C@@H](C)Oc2cc(C)cnc2N(C)C)cc1C#N. The summed E-state index contributed by atoms with van der Waals surface area (Å²) in [6, 6.07) is 8.76. The van der Waals surface area contributed by atoms with Gasteiger partial charge in [0.2, 0.25) is 0 Å². The molecular formula is C24H27FN6O2. The predicted molar refractivity (Wildman–Crippen MR) is 122 cm³/mol. The summed E-state index contributed by atoms with van der Waals surface area (Å²) in [4.78, 5) is 20.8. The van der Waals surface area contributed by atoms with Crippen LogP contribution in [0.1, 0.15) is 50.0 Å². The van der Waals surface area contributed by atoms with Crippen molar-refractivity contribution in [2.24, 2.45) is 6.98 Å². The number of hydrogen-bond donors (Lipinski definition) is 0. The van der Waals surface area contributed by atoms with Crippen molar-refractivity contribution in [3.8, 4) is 11.8 Å². The van der Waals surface area contributed by atoms with Crippen LogP contribution in [0.5, 0.6) is 5.75 Å². The predicted octanol–water partition coefficient (Wildman–Crippen LogP) is 3.61. The number of ether oxygens (including phenoxy) is 1. The minimum atomic E-state index is -2.63. The van der Waals surface area contributed by atoms with Crippen LogP contribution in [-0.4, -0.2) is 46.7 Å². The third kappa shape index (κ3) is 5.29. The molecular weight excluding hydrogens is 423 g/mol. The molecule has 8 nitrogen and oxygen atoms in total. The highest BCUT2D eigenvalue weighted by atomic mass is 19.1. The highest BCUT2D eigenvalue weighted by molar-refractivity contribution is 5.95. The molecule has 0 saturated heterocycles. The molecule has 0 N–H and O–H groups in total. The molecule has 9 heteroatoms. The maximum Gasteiger partial charge on any atom is 0.254 e. The number of benzene rings is 1. The highest BCUT2D eigenvalue weighted by Gasteiger charge is 2.23. The molecule has 0 aliphatic rings. The zero-order valence-corrected chi connectivity index (χ0v) is 19.1. The van der Waals surface area contributed by atoms with Crippen molar-refractivity contribution in [3.05, 3.63) is 70.4 Å². The lowest BCUT2D eigenvalue weighted by Crippen LogP contribution is -2.28. The van der Waals surface area contributed by atoms with Crippen LogP contribution in [0.2, 0.25) is 0 Å². The Kier molecular flexibility index (Phi) is 5.80. The molecule has 0 unspecified atom stereocenters. The Hall–Kier alpha value is -3.93. The van der Waals surface area contributed by atoms with E-state index < -0.39 is 24.8 Å². The van der Waals surface area contributed by atoms with E-state index in [2.05, 4.69) is 10.1 Å². The summed E-state index contributed by atoms with van der Waals surface area (Å²) in [5, 5.41) is 13.2. The number of pyridine rings is 1. The molecule has 1 amide bonds. The lowest BCUT2D eigenvalue weighted by molar-refractivity contribution is 0.0778. The van der Waals surface area contributed by atoms with Crippen LogP contribution in [0.15, 0.2) is 36.5 Å². The van der Waals surface area contributed by atoms with Gasteiger partial charge < -0.3 is 14.5 Å². The largest absolute Gasteiger partial charge is 0.482 e. The van der Waals surface area contributed by atoms with E-state index in [0.717, 1.165) is 5.56 Å². The van der Waals surface area contributed by atoms with Crippen LogP contribution in [0, 0.1) is 24.1 Å². The summed E-state index contributed by atoms with van der Waals surface area (Å²) < 4.78 is 43.6. The zero-order chi connectivity index (χ0) is 26.8. The molecule has 33 heavy (non-hydrogen) atoms. The molecule has 0 saturated carbocycles. The van der Waals surface area contributed by atoms with Crippen molar-refractivity contribution in [1.82, 2.24) is 19.7 Å². The molecule has 3 aromatic rings. The van der Waals surface area contributed by atoms with Crippen molar-refractivity contribution >= 4 is 11.7 Å². The molecule has 3 rings (SSSR count). The second kappa shape index (κ2) is 9.69. The second-order valence-electron chi connectivity index (χ2n) is 7.93. The Morgan fingerprint density at radius 2 is 2.09 bits per heavy atom. The van der Waals surface area contributed by atoms with Gasteiger partial charge in [0.05, 0.1) is 12.2 Å². The molecule has 0 bridgehead atoms. The molecule has 0 radical (unpaired) electrons. The van der Waals surface area contributed by atoms with Gasteiger partial charge in [0.1, 0.15) is 23.7 Å². The van der Waals surface area contributed by atoms with Crippen LogP contribution >= 0.6 is 0 Å². The van der Waals surface area contributed by atoms with E-state index in [4.69, 9.17) is 8.85 Å². The van der Waals surface area contributed by atoms with Gasteiger partial charge in [-0.3, -0.25) is 9.48 Å². The lowest BCUT2D eigenvalue weighted by atomic mass is 10.0. The second-order valence-corrected chi connectivity index (χ2v) is 7.93. The van der Waals surface area contributed by atoms with E-state index in [1.807, 2.05) is 27.1 Å². The van der Waals surface area contributed by atoms with Gasteiger partial charge in [-0.05, 0) is 49.7 Å². The number of hydrogen-bond acceptors (Lipinski definition) is 6. The Bertz CT molecular complexity index is 1320. The maximum absolute atomic E-state index is 14.2. The maximum atomic E-state index is 14.2. The summed E-state index contributed by atoms with van der Waals surface area (Å²) >= 11 is 0. The topological polar surface area (TPSA) is 87.3 Å². The molecule has 0 spiro atoms. The van der Waals surface area contributed by atoms with E-state index in [0.29, 0.717) is 21.8 Å². The fourth-order valence-electron chi connectivity index (χ4n) is 3.38. The van der Waals surface area contributed by atoms with Gasteiger partial charge >= 0.3 is 0 Å². The number of nitrogens with zero attached hydrogens (tertiary/aromatic N) is 6. The number of carbonyl (C=O) groups is 1. The van der Waals surface area contributed by atoms with Gasteiger partial charge in [-0.25, -0.2) is 9.37 Å². The van der Waals surface area contributed by atoms with E-state index in [9.17, 15) is 14.4 Å². The number of carbonyl (C=O) groups excluding carboxylic acids is 1. The van der Waals surface area contributed by atoms with Crippen molar-refractivity contribution in [1.29, 1.82) is 5.26 Å². The Morgan fingerprint density at radius 1 is 1.33 bits per heavy atom. The number of amides is 1. The third-order valence-electron chi connectivity index (χ3n) is 5.00. The first kappa shape index (κ1) is 19.7. The van der Waals surface area contributed by atoms with Crippen LogP contribution < -0.4 is 9.64 Å². The normalized spacial score (nSPS) is 13.3. The average Bonchev–Trinajstić information content (AvgIpc) is 3.21. The summed E-state index contributed by atoms with van der Waals surface area (Å²) in [5.41, 5.74) is 1.52. The summed E-state index contributed by atoms with van der Waals surface area (Å²) in [7, 11) is 5.16. The molecule has 2 aromatic heterocycles. The molecule has 1 aromatic carbocycles. The number of aryl methyl sites for hydroxylation is 2. The standard InChI is InChI=1S/C24H27FN6O2/c1-15-9-22(23(27-13-15)29(3)4)33-16(2)21-10-17(25)7-8-20(21)24(32)30(5)14-18-11-19(12-26)31(6)28-18/h7-11,13,16H,14H2,1-6H3/t16-/m1/s1/i6D3. The molecule has 2 heterocycles. The zero-order valence-electron chi connectivity index (χ0n) is 22.1.